The zero-order chi connectivity index (χ0) is 14.2. The van der Waals surface area contributed by atoms with E-state index < -0.39 is 10.0 Å². The first-order valence-corrected chi connectivity index (χ1v) is 8.58. The molecule has 0 aliphatic rings. The van der Waals surface area contributed by atoms with Crippen LogP contribution in [0.2, 0.25) is 10.0 Å². The number of hydrogen-bond acceptors (Lipinski definition) is 5. The van der Waals surface area contributed by atoms with Crippen LogP contribution in [-0.2, 0) is 10.0 Å². The summed E-state index contributed by atoms with van der Waals surface area (Å²) in [4.78, 5) is 3.73. The Kier molecular flexibility index (Phi) is 4.36. The highest BCUT2D eigenvalue weighted by Crippen LogP contribution is 2.34. The van der Waals surface area contributed by atoms with Crippen molar-refractivity contribution in [3.05, 3.63) is 32.5 Å². The van der Waals surface area contributed by atoms with Crippen LogP contribution in [0.25, 0.3) is 0 Å². The number of hydrogen-bond donors (Lipinski definition) is 1. The predicted octanol–water partition coefficient (Wildman–Crippen LogP) is 3.72. The quantitative estimate of drug-likeness (QED) is 0.849. The Hall–Kier alpha value is -0.410. The molecule has 0 saturated carbocycles. The highest BCUT2D eigenvalue weighted by molar-refractivity contribution is 9.10. The third-order valence-corrected chi connectivity index (χ3v) is 5.55. The van der Waals surface area contributed by atoms with Crippen LogP contribution >= 0.6 is 50.7 Å². The van der Waals surface area contributed by atoms with Gasteiger partial charge in [-0.25, -0.2) is 13.4 Å². The van der Waals surface area contributed by atoms with Crippen LogP contribution in [0.4, 0.5) is 5.13 Å². The van der Waals surface area contributed by atoms with E-state index in [1.54, 1.807) is 6.92 Å². The zero-order valence-corrected chi connectivity index (χ0v) is 14.0. The van der Waals surface area contributed by atoms with Gasteiger partial charge in [0.2, 0.25) is 5.13 Å². The van der Waals surface area contributed by atoms with Crippen LogP contribution in [0.1, 0.15) is 5.82 Å². The summed E-state index contributed by atoms with van der Waals surface area (Å²) in [5.41, 5.74) is 0. The molecule has 0 aliphatic heterocycles. The van der Waals surface area contributed by atoms with Crippen LogP contribution in [-0.4, -0.2) is 17.8 Å². The molecule has 19 heavy (non-hydrogen) atoms. The van der Waals surface area contributed by atoms with Gasteiger partial charge >= 0.3 is 0 Å². The van der Waals surface area contributed by atoms with E-state index in [-0.39, 0.29) is 20.1 Å². The van der Waals surface area contributed by atoms with Gasteiger partial charge in [0.05, 0.1) is 10.0 Å². The van der Waals surface area contributed by atoms with Gasteiger partial charge in [0.25, 0.3) is 10.0 Å². The normalized spacial score (nSPS) is 11.6. The minimum Gasteiger partial charge on any atom is -0.253 e. The van der Waals surface area contributed by atoms with E-state index >= 15 is 0 Å². The maximum atomic E-state index is 12.2. The number of halogens is 3. The van der Waals surface area contributed by atoms with Crippen LogP contribution in [0.3, 0.4) is 0 Å². The summed E-state index contributed by atoms with van der Waals surface area (Å²) in [5, 5.41) is 0.203. The van der Waals surface area contributed by atoms with Crippen LogP contribution in [0.15, 0.2) is 21.5 Å². The van der Waals surface area contributed by atoms with E-state index in [9.17, 15) is 8.42 Å². The van der Waals surface area contributed by atoms with Crippen molar-refractivity contribution in [3.63, 3.8) is 0 Å². The van der Waals surface area contributed by atoms with Crippen molar-refractivity contribution in [2.45, 2.75) is 11.8 Å². The molecular weight excluding hydrogens is 397 g/mol. The molecule has 0 unspecified atom stereocenters. The SMILES string of the molecule is Cc1nsc(NS(=O)(=O)c2c(Cl)cc(Br)cc2Cl)n1. The third kappa shape index (κ3) is 3.38. The average Bonchev–Trinajstić information content (AvgIpc) is 2.60. The van der Waals surface area contributed by atoms with Gasteiger partial charge in [-0.15, -0.1) is 0 Å². The number of benzene rings is 1. The van der Waals surface area contributed by atoms with E-state index in [1.807, 2.05) is 0 Å². The molecule has 0 radical (unpaired) electrons. The van der Waals surface area contributed by atoms with Crippen molar-refractivity contribution < 1.29 is 8.42 Å². The van der Waals surface area contributed by atoms with Gasteiger partial charge in [-0.2, -0.15) is 4.37 Å². The Morgan fingerprint density at radius 3 is 2.37 bits per heavy atom. The molecule has 0 saturated heterocycles. The second-order valence-electron chi connectivity index (χ2n) is 3.45. The Labute approximate surface area is 132 Å². The Balaban J connectivity index is 2.45. The molecule has 0 spiro atoms. The fraction of sp³-hybridized carbons (Fsp3) is 0.111. The summed E-state index contributed by atoms with van der Waals surface area (Å²) < 4.78 is 31.2. The lowest BCUT2D eigenvalue weighted by molar-refractivity contribution is 0.601. The van der Waals surface area contributed by atoms with Crippen molar-refractivity contribution >= 4 is 65.8 Å². The van der Waals surface area contributed by atoms with Gasteiger partial charge in [-0.3, -0.25) is 4.72 Å². The molecule has 1 heterocycles. The summed E-state index contributed by atoms with van der Waals surface area (Å²) in [6.45, 7) is 1.66. The molecule has 5 nitrogen and oxygen atoms in total. The second-order valence-corrected chi connectivity index (χ2v) is 7.55. The third-order valence-electron chi connectivity index (χ3n) is 1.98. The maximum absolute atomic E-state index is 12.2. The highest BCUT2D eigenvalue weighted by atomic mass is 79.9. The van der Waals surface area contributed by atoms with E-state index in [0.717, 1.165) is 11.5 Å². The largest absolute Gasteiger partial charge is 0.266 e. The first kappa shape index (κ1) is 15.0. The summed E-state index contributed by atoms with van der Waals surface area (Å²) >= 11 is 16.0. The predicted molar refractivity (Wildman–Crippen MR) is 79.6 cm³/mol. The zero-order valence-electron chi connectivity index (χ0n) is 9.32. The van der Waals surface area contributed by atoms with Crippen molar-refractivity contribution in [2.75, 3.05) is 4.72 Å². The molecule has 0 amide bonds. The van der Waals surface area contributed by atoms with Gasteiger partial charge < -0.3 is 0 Å². The lowest BCUT2D eigenvalue weighted by Crippen LogP contribution is -2.14. The summed E-state index contributed by atoms with van der Waals surface area (Å²) in [6, 6.07) is 2.90. The number of rotatable bonds is 3. The molecule has 0 bridgehead atoms. The van der Waals surface area contributed by atoms with Gasteiger partial charge in [0, 0.05) is 16.0 Å². The van der Waals surface area contributed by atoms with Gasteiger partial charge in [-0.1, -0.05) is 39.1 Å². The number of sulfonamides is 1. The first-order valence-electron chi connectivity index (χ1n) is 4.77. The van der Waals surface area contributed by atoms with E-state index in [1.165, 1.54) is 12.1 Å². The second kappa shape index (κ2) is 5.53. The summed E-state index contributed by atoms with van der Waals surface area (Å²) in [6.07, 6.45) is 0. The number of anilines is 1. The van der Waals surface area contributed by atoms with Crippen molar-refractivity contribution in [2.24, 2.45) is 0 Å². The Bertz CT molecular complexity index is 710. The van der Waals surface area contributed by atoms with Crippen LogP contribution in [0, 0.1) is 6.92 Å². The van der Waals surface area contributed by atoms with Crippen molar-refractivity contribution in [1.82, 2.24) is 9.36 Å². The molecule has 102 valence electrons. The Morgan fingerprint density at radius 1 is 1.32 bits per heavy atom. The number of nitrogens with zero attached hydrogens (tertiary/aromatic N) is 2. The standard InChI is InChI=1S/C9H6BrCl2N3O2S2/c1-4-13-9(18-14-4)15-19(16,17)8-6(11)2-5(10)3-7(8)12/h2-3H,1H3,(H,13,14,15). The smallest absolute Gasteiger partial charge is 0.253 e. The van der Waals surface area contributed by atoms with Crippen molar-refractivity contribution in [3.8, 4) is 0 Å². The van der Waals surface area contributed by atoms with E-state index in [0.29, 0.717) is 10.3 Å². The molecule has 0 fully saturated rings. The molecule has 1 aromatic carbocycles. The monoisotopic (exact) mass is 401 g/mol. The molecule has 0 aliphatic carbocycles. The van der Waals surface area contributed by atoms with Crippen LogP contribution < -0.4 is 4.72 Å². The van der Waals surface area contributed by atoms with Crippen molar-refractivity contribution in [1.29, 1.82) is 0 Å². The molecular formula is C9H6BrCl2N3O2S2. The van der Waals surface area contributed by atoms with Crippen LogP contribution in [0.5, 0.6) is 0 Å². The Morgan fingerprint density at radius 2 is 1.89 bits per heavy atom. The highest BCUT2D eigenvalue weighted by Gasteiger charge is 2.23. The van der Waals surface area contributed by atoms with Gasteiger partial charge in [-0.05, 0) is 19.1 Å². The lowest BCUT2D eigenvalue weighted by atomic mass is 10.4. The molecule has 10 heteroatoms. The molecule has 0 atom stereocenters. The number of aryl methyl sites for hydroxylation is 1. The average molecular weight is 403 g/mol. The summed E-state index contributed by atoms with van der Waals surface area (Å²) in [7, 11) is -3.90. The first-order chi connectivity index (χ1) is 8.79. The van der Waals surface area contributed by atoms with Gasteiger partial charge in [0.15, 0.2) is 0 Å². The maximum Gasteiger partial charge on any atom is 0.266 e. The van der Waals surface area contributed by atoms with Gasteiger partial charge in [0.1, 0.15) is 10.7 Å². The molecule has 2 rings (SSSR count). The minimum absolute atomic E-state index is 0.0214. The molecule has 2 aromatic rings. The fourth-order valence-corrected chi connectivity index (χ4v) is 5.03. The number of nitrogens with one attached hydrogen (secondary N) is 1. The molecule has 1 aromatic heterocycles. The fourth-order valence-electron chi connectivity index (χ4n) is 1.29. The van der Waals surface area contributed by atoms with E-state index in [4.69, 9.17) is 23.2 Å². The van der Waals surface area contributed by atoms with E-state index in [2.05, 4.69) is 30.0 Å². The topological polar surface area (TPSA) is 72.0 Å². The molecule has 1 N–H and O–H groups in total. The lowest BCUT2D eigenvalue weighted by Gasteiger charge is -2.09. The minimum atomic E-state index is -3.90. The number of aromatic nitrogens is 2. The summed E-state index contributed by atoms with van der Waals surface area (Å²) in [5.74, 6) is 0.482.